The molecule has 0 spiro atoms. The summed E-state index contributed by atoms with van der Waals surface area (Å²) in [6, 6.07) is 67.7. The maximum atomic E-state index is 2.79. The summed E-state index contributed by atoms with van der Waals surface area (Å²) in [6.07, 6.45) is 9.61. The predicted octanol–water partition coefficient (Wildman–Crippen LogP) is 10.1. The quantitative estimate of drug-likeness (QED) is 0.116. The standard InChI is InChI=1S/C44H46N2P4/c1-7-19-39(20-8-1)45-35-47(31-33-49(41-23-11-3-12-24-41)42-25-13-4-14-26-42)37-46(40-21-9-2-10-22-40)38-48(36-45)32-34-50(43-27-15-5-16-28-43)44-29-17-6-18-30-44/h1-30H,31-38H2. The lowest BCUT2D eigenvalue weighted by molar-refractivity contribution is 0.971. The molecule has 0 aliphatic carbocycles. The van der Waals surface area contributed by atoms with Gasteiger partial charge in [-0.15, -0.1) is 0 Å². The molecule has 7 rings (SSSR count). The SMILES string of the molecule is c1ccc(N2CP(CCP(c3ccccc3)c3ccccc3)CN(c3ccccc3)CP(CCP(c3ccccc3)c3ccccc3)C2)cc1. The summed E-state index contributed by atoms with van der Waals surface area (Å²) >= 11 is 0. The summed E-state index contributed by atoms with van der Waals surface area (Å²) in [5, 5.41) is 5.97. The molecule has 252 valence electrons. The van der Waals surface area contributed by atoms with Crippen LogP contribution in [0.15, 0.2) is 182 Å². The van der Waals surface area contributed by atoms with Gasteiger partial charge in [-0.1, -0.05) is 174 Å². The summed E-state index contributed by atoms with van der Waals surface area (Å²) in [4.78, 5) is 5.58. The Bertz CT molecular complexity index is 1600. The molecule has 1 aliphatic rings. The van der Waals surface area contributed by atoms with E-state index in [4.69, 9.17) is 0 Å². The number of hydrogen-bond donors (Lipinski definition) is 0. The number of rotatable bonds is 12. The van der Waals surface area contributed by atoms with Gasteiger partial charge in [-0.05, 0) is 86.0 Å². The smallest absolute Gasteiger partial charge is 0.0397 e. The Morgan fingerprint density at radius 3 is 0.840 bits per heavy atom. The molecule has 0 unspecified atom stereocenters. The molecule has 0 aromatic heterocycles. The van der Waals surface area contributed by atoms with Crippen LogP contribution in [-0.4, -0.2) is 49.8 Å². The van der Waals surface area contributed by atoms with Crippen molar-refractivity contribution in [1.29, 1.82) is 0 Å². The fourth-order valence-electron chi connectivity index (χ4n) is 6.76. The van der Waals surface area contributed by atoms with E-state index >= 15 is 0 Å². The highest BCUT2D eigenvalue weighted by Crippen LogP contribution is 2.51. The minimum absolute atomic E-state index is 0.285. The summed E-state index contributed by atoms with van der Waals surface area (Å²) in [5.74, 6) is 0. The first-order valence-corrected chi connectivity index (χ1v) is 24.4. The number of nitrogens with zero attached hydrogens (tertiary/aromatic N) is 2. The van der Waals surface area contributed by atoms with E-state index in [0.29, 0.717) is 0 Å². The van der Waals surface area contributed by atoms with Gasteiger partial charge in [0.15, 0.2) is 0 Å². The average molecular weight is 727 g/mol. The molecule has 6 heteroatoms. The topological polar surface area (TPSA) is 6.48 Å². The molecule has 50 heavy (non-hydrogen) atoms. The van der Waals surface area contributed by atoms with E-state index in [9.17, 15) is 0 Å². The van der Waals surface area contributed by atoms with Crippen LogP contribution in [0.1, 0.15) is 0 Å². The van der Waals surface area contributed by atoms with E-state index in [-0.39, 0.29) is 15.8 Å². The molecule has 0 bridgehead atoms. The maximum Gasteiger partial charge on any atom is 0.0397 e. The molecule has 1 heterocycles. The van der Waals surface area contributed by atoms with E-state index in [1.165, 1.54) is 57.2 Å². The van der Waals surface area contributed by atoms with Crippen molar-refractivity contribution in [2.75, 3.05) is 59.6 Å². The Morgan fingerprint density at radius 2 is 0.580 bits per heavy atom. The summed E-state index contributed by atoms with van der Waals surface area (Å²) in [5.41, 5.74) is 2.78. The van der Waals surface area contributed by atoms with Crippen LogP contribution in [0, 0.1) is 0 Å². The zero-order chi connectivity index (χ0) is 33.8. The van der Waals surface area contributed by atoms with Gasteiger partial charge in [-0.25, -0.2) is 0 Å². The molecule has 0 saturated carbocycles. The van der Waals surface area contributed by atoms with Crippen molar-refractivity contribution in [2.45, 2.75) is 0 Å². The van der Waals surface area contributed by atoms with E-state index in [0.717, 1.165) is 25.1 Å². The number of benzene rings is 6. The highest BCUT2D eigenvalue weighted by molar-refractivity contribution is 7.74. The van der Waals surface area contributed by atoms with Crippen molar-refractivity contribution in [3.63, 3.8) is 0 Å². The third-order valence-corrected chi connectivity index (χ3v) is 19.7. The van der Waals surface area contributed by atoms with Gasteiger partial charge in [-0.2, -0.15) is 0 Å². The highest BCUT2D eigenvalue weighted by Gasteiger charge is 2.28. The Morgan fingerprint density at radius 1 is 0.340 bits per heavy atom. The predicted molar refractivity (Wildman–Crippen MR) is 229 cm³/mol. The average Bonchev–Trinajstić information content (AvgIpc) is 3.18. The van der Waals surface area contributed by atoms with Gasteiger partial charge in [0.05, 0.1) is 0 Å². The molecule has 1 saturated heterocycles. The molecule has 1 fully saturated rings. The van der Waals surface area contributed by atoms with Crippen molar-refractivity contribution in [1.82, 2.24) is 0 Å². The second-order valence-corrected chi connectivity index (χ2v) is 22.1. The number of para-hydroxylation sites is 2. The Hall–Kier alpha value is -3.36. The van der Waals surface area contributed by atoms with Crippen LogP contribution in [0.4, 0.5) is 11.4 Å². The zero-order valence-electron chi connectivity index (χ0n) is 28.7. The summed E-state index contributed by atoms with van der Waals surface area (Å²) in [7, 11) is -1.39. The second-order valence-electron chi connectivity index (χ2n) is 12.8. The van der Waals surface area contributed by atoms with Crippen LogP contribution in [0.25, 0.3) is 0 Å². The van der Waals surface area contributed by atoms with Crippen molar-refractivity contribution in [2.24, 2.45) is 0 Å². The van der Waals surface area contributed by atoms with Crippen LogP contribution >= 0.6 is 31.7 Å². The van der Waals surface area contributed by atoms with Crippen molar-refractivity contribution >= 4 is 64.3 Å². The van der Waals surface area contributed by atoms with Gasteiger partial charge in [0, 0.05) is 36.5 Å². The van der Waals surface area contributed by atoms with Crippen LogP contribution in [-0.2, 0) is 0 Å². The first kappa shape index (κ1) is 35.1. The van der Waals surface area contributed by atoms with E-state index in [1.807, 2.05) is 0 Å². The molecular weight excluding hydrogens is 680 g/mol. The molecule has 0 radical (unpaired) electrons. The van der Waals surface area contributed by atoms with E-state index < -0.39 is 15.8 Å². The highest BCUT2D eigenvalue weighted by atomic mass is 31.1. The molecule has 2 nitrogen and oxygen atoms in total. The second kappa shape index (κ2) is 18.2. The Kier molecular flexibility index (Phi) is 12.8. The third-order valence-electron chi connectivity index (χ3n) is 9.28. The first-order valence-electron chi connectivity index (χ1n) is 17.6. The minimum Gasteiger partial charge on any atom is -0.363 e. The zero-order valence-corrected chi connectivity index (χ0v) is 32.2. The van der Waals surface area contributed by atoms with E-state index in [1.54, 1.807) is 0 Å². The lowest BCUT2D eigenvalue weighted by Crippen LogP contribution is -2.36. The minimum atomic E-state index is -0.409. The summed E-state index contributed by atoms with van der Waals surface area (Å²) < 4.78 is 0. The largest absolute Gasteiger partial charge is 0.363 e. The molecular formula is C44H46N2P4. The van der Waals surface area contributed by atoms with Crippen molar-refractivity contribution < 1.29 is 0 Å². The van der Waals surface area contributed by atoms with Crippen LogP contribution in [0.3, 0.4) is 0 Å². The normalized spacial score (nSPS) is 16.7. The molecule has 1 aliphatic heterocycles. The molecule has 6 aromatic carbocycles. The monoisotopic (exact) mass is 726 g/mol. The maximum absolute atomic E-state index is 2.79. The van der Waals surface area contributed by atoms with Gasteiger partial charge < -0.3 is 9.80 Å². The van der Waals surface area contributed by atoms with Crippen LogP contribution < -0.4 is 31.0 Å². The Balaban J connectivity index is 1.17. The van der Waals surface area contributed by atoms with Gasteiger partial charge >= 0.3 is 0 Å². The number of hydrogen-bond acceptors (Lipinski definition) is 2. The first-order chi connectivity index (χ1) is 24.8. The van der Waals surface area contributed by atoms with Crippen LogP contribution in [0.2, 0.25) is 0 Å². The lowest BCUT2D eigenvalue weighted by Gasteiger charge is -2.42. The fourth-order valence-corrected chi connectivity index (χ4v) is 18.4. The van der Waals surface area contributed by atoms with Crippen molar-refractivity contribution in [3.05, 3.63) is 182 Å². The Labute approximate surface area is 304 Å². The van der Waals surface area contributed by atoms with Crippen molar-refractivity contribution in [3.8, 4) is 0 Å². The van der Waals surface area contributed by atoms with Gasteiger partial charge in [0.2, 0.25) is 0 Å². The molecule has 0 N–H and O–H groups in total. The molecule has 0 atom stereocenters. The van der Waals surface area contributed by atoms with Gasteiger partial charge in [-0.3, -0.25) is 0 Å². The van der Waals surface area contributed by atoms with E-state index in [2.05, 4.69) is 192 Å². The third kappa shape index (κ3) is 9.49. The fraction of sp³-hybridized carbons (Fsp3) is 0.182. The van der Waals surface area contributed by atoms with Gasteiger partial charge in [0.1, 0.15) is 0 Å². The summed E-state index contributed by atoms with van der Waals surface area (Å²) in [6.45, 7) is 0. The molecule has 6 aromatic rings. The van der Waals surface area contributed by atoms with Gasteiger partial charge in [0.25, 0.3) is 0 Å². The number of anilines is 2. The molecule has 0 amide bonds. The lowest BCUT2D eigenvalue weighted by atomic mass is 10.3. The van der Waals surface area contributed by atoms with Crippen LogP contribution in [0.5, 0.6) is 0 Å².